The lowest BCUT2D eigenvalue weighted by atomic mass is 10.2. The van der Waals surface area contributed by atoms with Crippen LogP contribution in [0, 0.1) is 0 Å². The Morgan fingerprint density at radius 3 is 2.47 bits per heavy atom. The van der Waals surface area contributed by atoms with Crippen LogP contribution in [0.5, 0.6) is 0 Å². The maximum absolute atomic E-state index is 5.54. The molecule has 0 aliphatic rings. The molecule has 1 rings (SSSR count). The van der Waals surface area contributed by atoms with Crippen molar-refractivity contribution in [2.45, 2.75) is 46.1 Å². The molecule has 0 saturated carbocycles. The van der Waals surface area contributed by atoms with Gasteiger partial charge in [0, 0.05) is 36.5 Å². The van der Waals surface area contributed by atoms with E-state index in [0.29, 0.717) is 23.4 Å². The minimum Gasteiger partial charge on any atom is -0.393 e. The summed E-state index contributed by atoms with van der Waals surface area (Å²) < 4.78 is 4.37. The molecule has 1 aromatic rings. The Labute approximate surface area is 112 Å². The molecule has 0 aliphatic carbocycles. The Hall–Kier alpha value is -0.750. The van der Waals surface area contributed by atoms with Crippen LogP contribution in [0.15, 0.2) is 0 Å². The summed E-state index contributed by atoms with van der Waals surface area (Å²) in [5.74, 6) is 1.27. The molecule has 0 bridgehead atoms. The van der Waals surface area contributed by atoms with Crippen molar-refractivity contribution in [3.8, 4) is 0 Å². The van der Waals surface area contributed by atoms with E-state index in [2.05, 4.69) is 42.0 Å². The Bertz CT molecular complexity index is 373. The van der Waals surface area contributed by atoms with Gasteiger partial charge in [-0.15, -0.1) is 0 Å². The molecule has 0 aromatic carbocycles. The molecule has 4 nitrogen and oxygen atoms in total. The standard InChI is InChI=1S/C11H20N4S2/c1-7(2)10-13-11(17-14-10)15(8(3)4)6-5-9(12)16/h7-8H,5-6H2,1-4H3,(H2,12,16). The lowest BCUT2D eigenvalue weighted by Gasteiger charge is -2.25. The average molecular weight is 272 g/mol. The van der Waals surface area contributed by atoms with E-state index in [1.807, 2.05) is 0 Å². The van der Waals surface area contributed by atoms with Crippen LogP contribution in [0.2, 0.25) is 0 Å². The maximum Gasteiger partial charge on any atom is 0.205 e. The van der Waals surface area contributed by atoms with Gasteiger partial charge in [-0.3, -0.25) is 0 Å². The van der Waals surface area contributed by atoms with E-state index >= 15 is 0 Å². The molecule has 0 spiro atoms. The van der Waals surface area contributed by atoms with Crippen molar-refractivity contribution in [1.82, 2.24) is 9.36 Å². The SMILES string of the molecule is CC(C)c1nsc(N(CCC(N)=S)C(C)C)n1. The van der Waals surface area contributed by atoms with Gasteiger partial charge in [-0.05, 0) is 13.8 Å². The van der Waals surface area contributed by atoms with Crippen LogP contribution in [0.25, 0.3) is 0 Å². The topological polar surface area (TPSA) is 55.0 Å². The first-order valence-electron chi connectivity index (χ1n) is 5.80. The highest BCUT2D eigenvalue weighted by Crippen LogP contribution is 2.23. The van der Waals surface area contributed by atoms with Crippen LogP contribution in [0.4, 0.5) is 5.13 Å². The molecule has 2 N–H and O–H groups in total. The number of rotatable bonds is 6. The molecular weight excluding hydrogens is 252 g/mol. The number of hydrogen-bond donors (Lipinski definition) is 1. The van der Waals surface area contributed by atoms with E-state index in [4.69, 9.17) is 18.0 Å². The number of thiocarbonyl (C=S) groups is 1. The molecule has 6 heteroatoms. The van der Waals surface area contributed by atoms with Crippen LogP contribution in [-0.2, 0) is 0 Å². The summed E-state index contributed by atoms with van der Waals surface area (Å²) in [6, 6.07) is 0.373. The summed E-state index contributed by atoms with van der Waals surface area (Å²) in [5, 5.41) is 0.958. The number of hydrogen-bond acceptors (Lipinski definition) is 5. The molecule has 17 heavy (non-hydrogen) atoms. The predicted molar refractivity (Wildman–Crippen MR) is 77.9 cm³/mol. The first-order chi connectivity index (χ1) is 7.91. The number of anilines is 1. The van der Waals surface area contributed by atoms with E-state index in [-0.39, 0.29) is 0 Å². The lowest BCUT2D eigenvalue weighted by Crippen LogP contribution is -2.33. The van der Waals surface area contributed by atoms with Gasteiger partial charge in [0.05, 0.1) is 4.99 Å². The molecule has 1 aromatic heterocycles. The summed E-state index contributed by atoms with van der Waals surface area (Å²) in [6.45, 7) is 9.27. The Kier molecular flexibility index (Phi) is 5.27. The second-order valence-corrected chi connectivity index (χ2v) is 5.85. The van der Waals surface area contributed by atoms with E-state index in [1.165, 1.54) is 11.5 Å². The van der Waals surface area contributed by atoms with E-state index in [9.17, 15) is 0 Å². The molecule has 0 aliphatic heterocycles. The van der Waals surface area contributed by atoms with Crippen LogP contribution in [0.1, 0.15) is 45.9 Å². The monoisotopic (exact) mass is 272 g/mol. The highest BCUT2D eigenvalue weighted by atomic mass is 32.1. The normalized spacial score (nSPS) is 11.2. The zero-order valence-corrected chi connectivity index (χ0v) is 12.4. The predicted octanol–water partition coefficient (Wildman–Crippen LogP) is 2.55. The number of nitrogens with zero attached hydrogens (tertiary/aromatic N) is 3. The summed E-state index contributed by atoms with van der Waals surface area (Å²) in [5.41, 5.74) is 5.54. The van der Waals surface area contributed by atoms with E-state index in [1.54, 1.807) is 0 Å². The smallest absolute Gasteiger partial charge is 0.205 e. The third kappa shape index (κ3) is 4.20. The Morgan fingerprint density at radius 2 is 2.06 bits per heavy atom. The molecule has 0 atom stereocenters. The van der Waals surface area contributed by atoms with Crippen LogP contribution in [0.3, 0.4) is 0 Å². The first-order valence-corrected chi connectivity index (χ1v) is 6.98. The zero-order valence-electron chi connectivity index (χ0n) is 10.8. The van der Waals surface area contributed by atoms with Crippen LogP contribution in [-0.4, -0.2) is 26.9 Å². The second-order valence-electron chi connectivity index (χ2n) is 4.59. The van der Waals surface area contributed by atoms with Crippen molar-refractivity contribution < 1.29 is 0 Å². The summed E-state index contributed by atoms with van der Waals surface area (Å²) in [4.78, 5) is 7.30. The van der Waals surface area contributed by atoms with Gasteiger partial charge >= 0.3 is 0 Å². The number of aromatic nitrogens is 2. The van der Waals surface area contributed by atoms with Gasteiger partial charge in [0.1, 0.15) is 5.82 Å². The highest BCUT2D eigenvalue weighted by Gasteiger charge is 2.16. The maximum atomic E-state index is 5.54. The second kappa shape index (κ2) is 6.26. The molecule has 0 unspecified atom stereocenters. The quantitative estimate of drug-likeness (QED) is 0.807. The van der Waals surface area contributed by atoms with Crippen molar-refractivity contribution in [2.24, 2.45) is 5.73 Å². The van der Waals surface area contributed by atoms with Gasteiger partial charge in [-0.1, -0.05) is 26.1 Å². The van der Waals surface area contributed by atoms with Gasteiger partial charge in [0.2, 0.25) is 5.13 Å². The van der Waals surface area contributed by atoms with Gasteiger partial charge < -0.3 is 10.6 Å². The first kappa shape index (κ1) is 14.3. The Balaban J connectivity index is 2.78. The van der Waals surface area contributed by atoms with Gasteiger partial charge in [0.15, 0.2) is 0 Å². The molecule has 0 fully saturated rings. The molecule has 0 saturated heterocycles. The van der Waals surface area contributed by atoms with Gasteiger partial charge in [-0.2, -0.15) is 4.37 Å². The summed E-state index contributed by atoms with van der Waals surface area (Å²) in [7, 11) is 0. The molecule has 1 heterocycles. The van der Waals surface area contributed by atoms with Gasteiger partial charge in [0.25, 0.3) is 0 Å². The summed E-state index contributed by atoms with van der Waals surface area (Å²) >= 11 is 6.36. The molecule has 0 amide bonds. The minimum absolute atomic E-state index is 0.365. The van der Waals surface area contributed by atoms with Crippen molar-refractivity contribution >= 4 is 33.9 Å². The fourth-order valence-corrected chi connectivity index (χ4v) is 2.44. The molecule has 0 radical (unpaired) electrons. The zero-order chi connectivity index (χ0) is 13.0. The van der Waals surface area contributed by atoms with Crippen molar-refractivity contribution in [3.63, 3.8) is 0 Å². The number of nitrogens with two attached hydrogens (primary N) is 1. The average Bonchev–Trinajstić information content (AvgIpc) is 2.66. The van der Waals surface area contributed by atoms with Crippen molar-refractivity contribution in [2.75, 3.05) is 11.4 Å². The third-order valence-electron chi connectivity index (χ3n) is 2.42. The molecular formula is C11H20N4S2. The fraction of sp³-hybridized carbons (Fsp3) is 0.727. The summed E-state index contributed by atoms with van der Waals surface area (Å²) in [6.07, 6.45) is 0.712. The Morgan fingerprint density at radius 1 is 1.41 bits per heavy atom. The van der Waals surface area contributed by atoms with Gasteiger partial charge in [-0.25, -0.2) is 4.98 Å². The highest BCUT2D eigenvalue weighted by molar-refractivity contribution is 7.80. The van der Waals surface area contributed by atoms with Crippen molar-refractivity contribution in [3.05, 3.63) is 5.82 Å². The van der Waals surface area contributed by atoms with Crippen LogP contribution < -0.4 is 10.6 Å². The minimum atomic E-state index is 0.365. The van der Waals surface area contributed by atoms with E-state index in [0.717, 1.165) is 17.5 Å². The van der Waals surface area contributed by atoms with E-state index < -0.39 is 0 Å². The van der Waals surface area contributed by atoms with Crippen molar-refractivity contribution in [1.29, 1.82) is 0 Å². The fourth-order valence-electron chi connectivity index (χ4n) is 1.38. The largest absolute Gasteiger partial charge is 0.393 e. The third-order valence-corrected chi connectivity index (χ3v) is 3.39. The van der Waals surface area contributed by atoms with Crippen LogP contribution >= 0.6 is 23.8 Å². The lowest BCUT2D eigenvalue weighted by molar-refractivity contribution is 0.683. The molecule has 96 valence electrons.